The quantitative estimate of drug-likeness (QED) is 0.638. The largest absolute Gasteiger partial charge is 0.478 e. The molecule has 3 nitrogen and oxygen atoms in total. The second-order valence-electron chi connectivity index (χ2n) is 6.19. The summed E-state index contributed by atoms with van der Waals surface area (Å²) >= 11 is 10.0. The maximum atomic E-state index is 11.7. The van der Waals surface area contributed by atoms with Gasteiger partial charge in [-0.1, -0.05) is 57.9 Å². The number of carboxylic acids is 1. The van der Waals surface area contributed by atoms with Crippen molar-refractivity contribution in [2.45, 2.75) is 18.4 Å². The number of carbonyl (C=O) groups is 1. The predicted octanol–water partition coefficient (Wildman–Crippen LogP) is 5.63. The van der Waals surface area contributed by atoms with Crippen LogP contribution < -0.4 is 5.32 Å². The summed E-state index contributed by atoms with van der Waals surface area (Å²) in [5.41, 5.74) is 3.04. The van der Waals surface area contributed by atoms with Crippen LogP contribution in [0.15, 0.2) is 53.0 Å². The van der Waals surface area contributed by atoms with Crippen LogP contribution in [0.5, 0.6) is 0 Å². The van der Waals surface area contributed by atoms with Gasteiger partial charge in [0.1, 0.15) is 0 Å². The first-order valence-corrected chi connectivity index (χ1v) is 8.98. The molecule has 5 heteroatoms. The van der Waals surface area contributed by atoms with Crippen LogP contribution in [-0.4, -0.2) is 11.1 Å². The number of rotatable bonds is 2. The van der Waals surface area contributed by atoms with E-state index in [1.165, 1.54) is 5.56 Å². The molecule has 0 amide bonds. The fraction of sp³-hybridized carbons (Fsp3) is 0.211. The zero-order valence-corrected chi connectivity index (χ0v) is 15.0. The molecule has 2 aromatic carbocycles. The van der Waals surface area contributed by atoms with Crippen molar-refractivity contribution in [1.82, 2.24) is 0 Å². The van der Waals surface area contributed by atoms with Crippen LogP contribution in [0.3, 0.4) is 0 Å². The van der Waals surface area contributed by atoms with Crippen LogP contribution in [0.1, 0.15) is 39.9 Å². The Labute approximate surface area is 153 Å². The van der Waals surface area contributed by atoms with Gasteiger partial charge in [0.05, 0.1) is 22.3 Å². The Balaban J connectivity index is 1.90. The minimum atomic E-state index is -0.914. The summed E-state index contributed by atoms with van der Waals surface area (Å²) in [6.07, 6.45) is 5.17. The molecule has 0 radical (unpaired) electrons. The molecule has 3 atom stereocenters. The van der Waals surface area contributed by atoms with Gasteiger partial charge in [0.25, 0.3) is 0 Å². The third-order valence-electron chi connectivity index (χ3n) is 4.94. The minimum Gasteiger partial charge on any atom is -0.478 e. The van der Waals surface area contributed by atoms with Crippen molar-refractivity contribution in [1.29, 1.82) is 0 Å². The van der Waals surface area contributed by atoms with Gasteiger partial charge in [0, 0.05) is 10.4 Å². The van der Waals surface area contributed by atoms with Crippen molar-refractivity contribution >= 4 is 39.2 Å². The zero-order chi connectivity index (χ0) is 16.8. The Bertz CT molecular complexity index is 864. The van der Waals surface area contributed by atoms with Crippen molar-refractivity contribution in [2.75, 3.05) is 5.32 Å². The zero-order valence-electron chi connectivity index (χ0n) is 12.7. The summed E-state index contributed by atoms with van der Waals surface area (Å²) < 4.78 is 1.04. The van der Waals surface area contributed by atoms with Crippen molar-refractivity contribution in [3.05, 3.63) is 74.7 Å². The van der Waals surface area contributed by atoms with Crippen LogP contribution in [0.2, 0.25) is 5.02 Å². The SMILES string of the molecule is O=C(O)c1ccc(Cl)c2c1[C@@H]1C=CC[C@H]1[C@@H](c1ccccc1Br)N2. The number of hydrogen-bond acceptors (Lipinski definition) is 2. The van der Waals surface area contributed by atoms with E-state index in [4.69, 9.17) is 11.6 Å². The number of aromatic carboxylic acids is 1. The molecule has 2 aliphatic rings. The second kappa shape index (κ2) is 5.94. The van der Waals surface area contributed by atoms with Gasteiger partial charge in [-0.2, -0.15) is 0 Å². The molecule has 2 aromatic rings. The molecular formula is C19H15BrClNO2. The molecule has 1 aliphatic heterocycles. The van der Waals surface area contributed by atoms with E-state index in [-0.39, 0.29) is 17.9 Å². The summed E-state index contributed by atoms with van der Waals surface area (Å²) in [6.45, 7) is 0. The minimum absolute atomic E-state index is 0.0585. The first-order valence-electron chi connectivity index (χ1n) is 7.81. The van der Waals surface area contributed by atoms with Gasteiger partial charge in [0.15, 0.2) is 0 Å². The van der Waals surface area contributed by atoms with E-state index in [9.17, 15) is 9.90 Å². The van der Waals surface area contributed by atoms with E-state index >= 15 is 0 Å². The molecular weight excluding hydrogens is 390 g/mol. The number of nitrogens with one attached hydrogen (secondary N) is 1. The lowest BCUT2D eigenvalue weighted by molar-refractivity contribution is 0.0695. The Kier molecular flexibility index (Phi) is 3.89. The average Bonchev–Trinajstić information content (AvgIpc) is 3.05. The lowest BCUT2D eigenvalue weighted by atomic mass is 9.75. The van der Waals surface area contributed by atoms with Gasteiger partial charge >= 0.3 is 5.97 Å². The maximum Gasteiger partial charge on any atom is 0.336 e. The molecule has 0 unspecified atom stereocenters. The standard InChI is InChI=1S/C19H15BrClNO2/c20-14-7-2-1-4-12(14)17-11-6-3-5-10(11)16-13(19(23)24)8-9-15(21)18(16)22-17/h1-5,7-11,17,22H,6H2,(H,23,24)/t10-,11-,17+/m1/s1. The molecule has 0 bridgehead atoms. The van der Waals surface area contributed by atoms with E-state index in [0.717, 1.165) is 22.1 Å². The second-order valence-corrected chi connectivity index (χ2v) is 7.45. The highest BCUT2D eigenvalue weighted by Gasteiger charge is 2.41. The number of anilines is 1. The van der Waals surface area contributed by atoms with Crippen LogP contribution in [-0.2, 0) is 0 Å². The van der Waals surface area contributed by atoms with Gasteiger partial charge in [0.2, 0.25) is 0 Å². The Morgan fingerprint density at radius 2 is 2.04 bits per heavy atom. The first kappa shape index (κ1) is 15.7. The molecule has 0 fully saturated rings. The summed E-state index contributed by atoms with van der Waals surface area (Å²) in [5, 5.41) is 13.7. The van der Waals surface area contributed by atoms with E-state index in [1.54, 1.807) is 12.1 Å². The summed E-state index contributed by atoms with van der Waals surface area (Å²) in [5.74, 6) is -0.584. The van der Waals surface area contributed by atoms with Crippen molar-refractivity contribution < 1.29 is 9.90 Å². The van der Waals surface area contributed by atoms with Crippen molar-refractivity contribution in [3.63, 3.8) is 0 Å². The van der Waals surface area contributed by atoms with Gasteiger partial charge in [-0.05, 0) is 41.7 Å². The molecule has 2 N–H and O–H groups in total. The smallest absolute Gasteiger partial charge is 0.336 e. The van der Waals surface area contributed by atoms with Crippen LogP contribution in [0, 0.1) is 5.92 Å². The Morgan fingerprint density at radius 3 is 2.79 bits per heavy atom. The maximum absolute atomic E-state index is 11.7. The number of allylic oxidation sites excluding steroid dienone is 2. The van der Waals surface area contributed by atoms with Gasteiger partial charge in [-0.3, -0.25) is 0 Å². The molecule has 24 heavy (non-hydrogen) atoms. The Morgan fingerprint density at radius 1 is 1.25 bits per heavy atom. The lowest BCUT2D eigenvalue weighted by Crippen LogP contribution is -2.30. The fourth-order valence-corrected chi connectivity index (χ4v) is 4.65. The topological polar surface area (TPSA) is 49.3 Å². The van der Waals surface area contributed by atoms with Crippen molar-refractivity contribution in [2.24, 2.45) is 5.92 Å². The number of halogens is 2. The molecule has 0 saturated carbocycles. The summed E-state index contributed by atoms with van der Waals surface area (Å²) in [7, 11) is 0. The van der Waals surface area contributed by atoms with Gasteiger partial charge in [-0.15, -0.1) is 0 Å². The van der Waals surface area contributed by atoms with Gasteiger partial charge < -0.3 is 10.4 Å². The lowest BCUT2D eigenvalue weighted by Gasteiger charge is -2.39. The highest BCUT2D eigenvalue weighted by molar-refractivity contribution is 9.10. The van der Waals surface area contributed by atoms with Crippen molar-refractivity contribution in [3.8, 4) is 0 Å². The van der Waals surface area contributed by atoms with Crippen LogP contribution in [0.4, 0.5) is 5.69 Å². The predicted molar refractivity (Wildman–Crippen MR) is 98.9 cm³/mol. The van der Waals surface area contributed by atoms with Crippen LogP contribution >= 0.6 is 27.5 Å². The van der Waals surface area contributed by atoms with E-state index in [0.29, 0.717) is 10.6 Å². The molecule has 1 aliphatic carbocycles. The summed E-state index contributed by atoms with van der Waals surface area (Å²) in [6, 6.07) is 11.5. The molecule has 1 heterocycles. The highest BCUT2D eigenvalue weighted by Crippen LogP contribution is 2.53. The monoisotopic (exact) mass is 403 g/mol. The fourth-order valence-electron chi connectivity index (χ4n) is 3.90. The number of fused-ring (bicyclic) bond motifs is 3. The normalized spacial score (nSPS) is 24.2. The molecule has 4 rings (SSSR count). The molecule has 0 saturated heterocycles. The average molecular weight is 405 g/mol. The number of benzene rings is 2. The number of carboxylic acid groups (broad SMARTS) is 1. The van der Waals surface area contributed by atoms with E-state index in [2.05, 4.69) is 39.5 Å². The third-order valence-corrected chi connectivity index (χ3v) is 5.98. The first-order chi connectivity index (χ1) is 11.6. The third kappa shape index (κ3) is 2.36. The highest BCUT2D eigenvalue weighted by atomic mass is 79.9. The Hall–Kier alpha value is -1.78. The molecule has 122 valence electrons. The number of hydrogen-bond donors (Lipinski definition) is 2. The molecule has 0 spiro atoms. The summed E-state index contributed by atoms with van der Waals surface area (Å²) in [4.78, 5) is 11.7. The van der Waals surface area contributed by atoms with Gasteiger partial charge in [-0.25, -0.2) is 4.79 Å². The van der Waals surface area contributed by atoms with E-state index in [1.807, 2.05) is 18.2 Å². The van der Waals surface area contributed by atoms with E-state index < -0.39 is 5.97 Å². The molecule has 0 aromatic heterocycles. The van der Waals surface area contributed by atoms with Crippen LogP contribution in [0.25, 0.3) is 0 Å².